The number of carbonyl (C=O) groups excluding carboxylic acids is 2. The van der Waals surface area contributed by atoms with E-state index in [4.69, 9.17) is 0 Å². The van der Waals surface area contributed by atoms with Crippen molar-refractivity contribution in [1.82, 2.24) is 25.4 Å². The highest BCUT2D eigenvalue weighted by molar-refractivity contribution is 7.99. The average molecular weight is 402 g/mol. The Morgan fingerprint density at radius 1 is 1.25 bits per heavy atom. The van der Waals surface area contributed by atoms with Crippen LogP contribution in [0.4, 0.5) is 0 Å². The molecular weight excluding hydrogens is 374 g/mol. The molecule has 2 amide bonds. The Hall–Kier alpha value is -2.35. The smallest absolute Gasteiger partial charge is 0.252 e. The van der Waals surface area contributed by atoms with E-state index in [-0.39, 0.29) is 17.9 Å². The molecule has 1 heterocycles. The second-order valence-corrected chi connectivity index (χ2v) is 8.19. The molecule has 0 unspecified atom stereocenters. The third-order valence-corrected chi connectivity index (χ3v) is 6.07. The van der Waals surface area contributed by atoms with Gasteiger partial charge >= 0.3 is 0 Å². The minimum Gasteiger partial charge on any atom is -0.353 e. The summed E-state index contributed by atoms with van der Waals surface area (Å²) in [5.74, 6) is 0.855. The standard InChI is InChI=1S/C20H27N5O2S/c1-13-8-4-7-11-16(13)19(27)21-14(2)18-23-24-20(25(18)3)28-12-17(26)22-15-9-5-6-10-15/h4,7-8,11,14-15H,5-6,9-10,12H2,1-3H3,(H,21,27)(H,22,26)/t14-/m0/s1. The van der Waals surface area contributed by atoms with E-state index in [2.05, 4.69) is 20.8 Å². The number of aryl methyl sites for hydroxylation is 1. The van der Waals surface area contributed by atoms with Crippen molar-refractivity contribution in [3.05, 3.63) is 41.2 Å². The molecule has 1 aliphatic carbocycles. The van der Waals surface area contributed by atoms with Crippen LogP contribution in [-0.4, -0.2) is 38.4 Å². The Balaban J connectivity index is 1.56. The third-order valence-electron chi connectivity index (χ3n) is 5.05. The van der Waals surface area contributed by atoms with Gasteiger partial charge in [0, 0.05) is 18.7 Å². The van der Waals surface area contributed by atoms with Crippen LogP contribution in [0.5, 0.6) is 0 Å². The minimum absolute atomic E-state index is 0.0300. The first-order valence-electron chi connectivity index (χ1n) is 9.63. The van der Waals surface area contributed by atoms with E-state index in [9.17, 15) is 9.59 Å². The van der Waals surface area contributed by atoms with Gasteiger partial charge in [-0.2, -0.15) is 0 Å². The maximum Gasteiger partial charge on any atom is 0.252 e. The van der Waals surface area contributed by atoms with Gasteiger partial charge < -0.3 is 15.2 Å². The van der Waals surface area contributed by atoms with Gasteiger partial charge in [0.15, 0.2) is 11.0 Å². The Bertz CT molecular complexity index is 845. The summed E-state index contributed by atoms with van der Waals surface area (Å²) in [7, 11) is 1.85. The van der Waals surface area contributed by atoms with Crippen LogP contribution in [0.25, 0.3) is 0 Å². The predicted octanol–water partition coefficient (Wildman–Crippen LogP) is 2.77. The van der Waals surface area contributed by atoms with Gasteiger partial charge in [0.1, 0.15) is 0 Å². The van der Waals surface area contributed by atoms with Crippen molar-refractivity contribution in [2.24, 2.45) is 7.05 Å². The van der Waals surface area contributed by atoms with Crippen LogP contribution in [0.1, 0.15) is 60.4 Å². The largest absolute Gasteiger partial charge is 0.353 e. The van der Waals surface area contributed by atoms with Gasteiger partial charge in [-0.3, -0.25) is 9.59 Å². The highest BCUT2D eigenvalue weighted by Crippen LogP contribution is 2.21. The van der Waals surface area contributed by atoms with Crippen LogP contribution in [0.2, 0.25) is 0 Å². The van der Waals surface area contributed by atoms with E-state index in [1.807, 2.05) is 43.7 Å². The van der Waals surface area contributed by atoms with E-state index in [0.717, 1.165) is 18.4 Å². The van der Waals surface area contributed by atoms with E-state index in [1.54, 1.807) is 6.07 Å². The minimum atomic E-state index is -0.300. The van der Waals surface area contributed by atoms with Crippen LogP contribution >= 0.6 is 11.8 Å². The predicted molar refractivity (Wildman–Crippen MR) is 109 cm³/mol. The zero-order chi connectivity index (χ0) is 20.1. The van der Waals surface area contributed by atoms with Gasteiger partial charge in [-0.15, -0.1) is 10.2 Å². The number of benzene rings is 1. The summed E-state index contributed by atoms with van der Waals surface area (Å²) < 4.78 is 1.83. The Kier molecular flexibility index (Phi) is 6.72. The number of aromatic nitrogens is 3. The van der Waals surface area contributed by atoms with Gasteiger partial charge in [-0.1, -0.05) is 42.8 Å². The summed E-state index contributed by atoms with van der Waals surface area (Å²) in [5, 5.41) is 15.1. The molecule has 1 atom stereocenters. The van der Waals surface area contributed by atoms with Crippen LogP contribution in [0.3, 0.4) is 0 Å². The molecule has 1 saturated carbocycles. The number of amides is 2. The summed E-state index contributed by atoms with van der Waals surface area (Å²) in [6.07, 6.45) is 4.53. The average Bonchev–Trinajstić information content (AvgIpc) is 3.30. The van der Waals surface area contributed by atoms with Gasteiger partial charge in [0.25, 0.3) is 5.91 Å². The van der Waals surface area contributed by atoms with Crippen molar-refractivity contribution >= 4 is 23.6 Å². The van der Waals surface area contributed by atoms with Gasteiger partial charge in [0.05, 0.1) is 11.8 Å². The molecule has 0 saturated heterocycles. The molecule has 0 spiro atoms. The van der Waals surface area contributed by atoms with Crippen molar-refractivity contribution in [2.75, 3.05) is 5.75 Å². The summed E-state index contributed by atoms with van der Waals surface area (Å²) in [5.41, 5.74) is 1.57. The van der Waals surface area contributed by atoms with E-state index < -0.39 is 0 Å². The van der Waals surface area contributed by atoms with Crippen LogP contribution in [0, 0.1) is 6.92 Å². The number of nitrogens with zero attached hydrogens (tertiary/aromatic N) is 3. The van der Waals surface area contributed by atoms with E-state index in [0.29, 0.717) is 28.3 Å². The second-order valence-electron chi connectivity index (χ2n) is 7.25. The zero-order valence-corrected chi connectivity index (χ0v) is 17.4. The molecule has 150 valence electrons. The molecular formula is C20H27N5O2S. The van der Waals surface area contributed by atoms with Crippen LogP contribution < -0.4 is 10.6 Å². The molecule has 0 radical (unpaired) electrons. The van der Waals surface area contributed by atoms with Gasteiger partial charge in [-0.25, -0.2) is 0 Å². The molecule has 1 aromatic carbocycles. The fourth-order valence-corrected chi connectivity index (χ4v) is 4.19. The lowest BCUT2D eigenvalue weighted by molar-refractivity contribution is -0.119. The lowest BCUT2D eigenvalue weighted by Gasteiger charge is -2.15. The quantitative estimate of drug-likeness (QED) is 0.697. The van der Waals surface area contributed by atoms with E-state index >= 15 is 0 Å². The molecule has 1 aromatic heterocycles. The van der Waals surface area contributed by atoms with Crippen molar-refractivity contribution in [3.63, 3.8) is 0 Å². The molecule has 0 bridgehead atoms. The fourth-order valence-electron chi connectivity index (χ4n) is 3.47. The molecule has 28 heavy (non-hydrogen) atoms. The van der Waals surface area contributed by atoms with Crippen molar-refractivity contribution in [2.45, 2.75) is 56.8 Å². The molecule has 1 fully saturated rings. The fraction of sp³-hybridized carbons (Fsp3) is 0.500. The topological polar surface area (TPSA) is 88.9 Å². The summed E-state index contributed by atoms with van der Waals surface area (Å²) >= 11 is 1.36. The Labute approximate surface area is 169 Å². The lowest BCUT2D eigenvalue weighted by atomic mass is 10.1. The maximum absolute atomic E-state index is 12.5. The second kappa shape index (κ2) is 9.23. The first kappa shape index (κ1) is 20.4. The van der Waals surface area contributed by atoms with Gasteiger partial charge in [-0.05, 0) is 38.3 Å². The first-order chi connectivity index (χ1) is 13.5. The highest BCUT2D eigenvalue weighted by atomic mass is 32.2. The first-order valence-corrected chi connectivity index (χ1v) is 10.6. The molecule has 0 aliphatic heterocycles. The SMILES string of the molecule is Cc1ccccc1C(=O)N[C@@H](C)c1nnc(SCC(=O)NC2CCCC2)n1C. The lowest BCUT2D eigenvalue weighted by Crippen LogP contribution is -2.33. The third kappa shape index (κ3) is 4.92. The Morgan fingerprint density at radius 3 is 2.68 bits per heavy atom. The number of nitrogens with one attached hydrogen (secondary N) is 2. The summed E-state index contributed by atoms with van der Waals surface area (Å²) in [6, 6.07) is 7.49. The molecule has 2 aromatic rings. The number of hydrogen-bond acceptors (Lipinski definition) is 5. The summed E-state index contributed by atoms with van der Waals surface area (Å²) in [6.45, 7) is 3.79. The van der Waals surface area contributed by atoms with Crippen LogP contribution in [0.15, 0.2) is 29.4 Å². The zero-order valence-electron chi connectivity index (χ0n) is 16.6. The monoisotopic (exact) mass is 401 g/mol. The number of hydrogen-bond donors (Lipinski definition) is 2. The molecule has 7 nitrogen and oxygen atoms in total. The van der Waals surface area contributed by atoms with Crippen molar-refractivity contribution < 1.29 is 9.59 Å². The Morgan fingerprint density at radius 2 is 1.96 bits per heavy atom. The van der Waals surface area contributed by atoms with Gasteiger partial charge in [0.2, 0.25) is 5.91 Å². The van der Waals surface area contributed by atoms with Crippen LogP contribution in [-0.2, 0) is 11.8 Å². The highest BCUT2D eigenvalue weighted by Gasteiger charge is 2.21. The van der Waals surface area contributed by atoms with E-state index in [1.165, 1.54) is 24.6 Å². The van der Waals surface area contributed by atoms with Crippen molar-refractivity contribution in [3.8, 4) is 0 Å². The number of thioether (sulfide) groups is 1. The number of rotatable bonds is 7. The maximum atomic E-state index is 12.5. The molecule has 3 rings (SSSR count). The number of carbonyl (C=O) groups is 2. The summed E-state index contributed by atoms with van der Waals surface area (Å²) in [4.78, 5) is 24.6. The normalized spacial score (nSPS) is 15.4. The molecule has 8 heteroatoms. The molecule has 1 aliphatic rings. The van der Waals surface area contributed by atoms with Crippen molar-refractivity contribution in [1.29, 1.82) is 0 Å². The molecule has 2 N–H and O–H groups in total.